The molecule has 1 amide bonds. The van der Waals surface area contributed by atoms with E-state index in [1.807, 2.05) is 0 Å². The van der Waals surface area contributed by atoms with Crippen molar-refractivity contribution in [2.75, 3.05) is 19.7 Å². The number of ether oxygens (including phenoxy) is 1. The molecular formula is C7H15N3O4S. The van der Waals surface area contributed by atoms with Gasteiger partial charge in [-0.2, -0.15) is 13.1 Å². The summed E-state index contributed by atoms with van der Waals surface area (Å²) < 4.78 is 31.2. The quantitative estimate of drug-likeness (QED) is 0.578. The van der Waals surface area contributed by atoms with Crippen molar-refractivity contribution in [3.05, 3.63) is 0 Å². The maximum atomic E-state index is 11.3. The van der Waals surface area contributed by atoms with Gasteiger partial charge in [0.15, 0.2) is 0 Å². The van der Waals surface area contributed by atoms with Crippen LogP contribution >= 0.6 is 0 Å². The molecule has 0 aromatic carbocycles. The summed E-state index contributed by atoms with van der Waals surface area (Å²) >= 11 is 0. The van der Waals surface area contributed by atoms with Gasteiger partial charge in [0.05, 0.1) is 6.61 Å². The highest BCUT2D eigenvalue weighted by atomic mass is 32.2. The molecule has 15 heavy (non-hydrogen) atoms. The third-order valence-corrected chi connectivity index (χ3v) is 2.95. The lowest BCUT2D eigenvalue weighted by atomic mass is 10.3. The van der Waals surface area contributed by atoms with Crippen LogP contribution in [-0.2, 0) is 14.9 Å². The zero-order chi connectivity index (χ0) is 11.3. The Balaban J connectivity index is 2.40. The van der Waals surface area contributed by atoms with Crippen LogP contribution in [0.15, 0.2) is 0 Å². The molecule has 0 aromatic rings. The van der Waals surface area contributed by atoms with Gasteiger partial charge in [0.2, 0.25) is 0 Å². The first-order chi connectivity index (χ1) is 7.03. The normalized spacial score (nSPS) is 21.3. The van der Waals surface area contributed by atoms with Crippen LogP contribution < -0.4 is 14.8 Å². The summed E-state index contributed by atoms with van der Waals surface area (Å²) in [5.41, 5.74) is 0. The van der Waals surface area contributed by atoms with Crippen molar-refractivity contribution < 1.29 is 17.9 Å². The fraction of sp³-hybridized carbons (Fsp3) is 0.857. The Morgan fingerprint density at radius 3 is 2.87 bits per heavy atom. The third kappa shape index (κ3) is 4.45. The minimum absolute atomic E-state index is 0.131. The van der Waals surface area contributed by atoms with E-state index in [1.165, 1.54) is 0 Å². The fourth-order valence-corrected chi connectivity index (χ4v) is 2.25. The molecule has 1 saturated heterocycles. The van der Waals surface area contributed by atoms with E-state index in [0.717, 1.165) is 6.54 Å². The summed E-state index contributed by atoms with van der Waals surface area (Å²) in [6, 6.07) is -0.170. The van der Waals surface area contributed by atoms with E-state index in [2.05, 4.69) is 14.8 Å². The summed E-state index contributed by atoms with van der Waals surface area (Å²) in [6.07, 6.45) is -0.250. The Kier molecular flexibility index (Phi) is 4.30. The first kappa shape index (κ1) is 12.2. The number of amides is 1. The fourth-order valence-electron chi connectivity index (χ4n) is 1.27. The van der Waals surface area contributed by atoms with E-state index in [9.17, 15) is 13.2 Å². The van der Waals surface area contributed by atoms with Crippen LogP contribution in [-0.4, -0.2) is 40.2 Å². The second kappa shape index (κ2) is 5.29. The third-order valence-electron chi connectivity index (χ3n) is 1.88. The summed E-state index contributed by atoms with van der Waals surface area (Å²) in [4.78, 5) is 10.9. The highest BCUT2D eigenvalue weighted by molar-refractivity contribution is 7.88. The number of hydrogen-bond donors (Lipinski definition) is 3. The summed E-state index contributed by atoms with van der Waals surface area (Å²) in [6.45, 7) is 3.07. The molecule has 3 N–H and O–H groups in total. The van der Waals surface area contributed by atoms with Crippen LogP contribution in [0.2, 0.25) is 0 Å². The Morgan fingerprint density at radius 2 is 2.33 bits per heavy atom. The Labute approximate surface area is 88.7 Å². The second-order valence-corrected chi connectivity index (χ2v) is 4.58. The van der Waals surface area contributed by atoms with Crippen molar-refractivity contribution in [3.63, 3.8) is 0 Å². The largest absolute Gasteiger partial charge is 0.449 e. The van der Waals surface area contributed by atoms with Crippen molar-refractivity contribution in [2.24, 2.45) is 0 Å². The Hall–Kier alpha value is -0.860. The number of hydrogen-bond acceptors (Lipinski definition) is 5. The molecule has 0 saturated carbocycles. The summed E-state index contributed by atoms with van der Waals surface area (Å²) in [5, 5.41) is 3.00. The average molecular weight is 237 g/mol. The minimum Gasteiger partial charge on any atom is -0.449 e. The molecule has 7 nitrogen and oxygen atoms in total. The standard InChI is InChI=1S/C7H15N3O4S/c1-2-14-7(11)10-15(12,13)9-6-3-4-8-5-6/h6,8-9H,2-5H2,1H3,(H,10,11)/t6-/m1/s1. The van der Waals surface area contributed by atoms with Gasteiger partial charge in [-0.25, -0.2) is 9.52 Å². The van der Waals surface area contributed by atoms with Gasteiger partial charge in [0, 0.05) is 12.6 Å². The molecule has 1 heterocycles. The molecule has 0 radical (unpaired) electrons. The highest BCUT2D eigenvalue weighted by Crippen LogP contribution is 1.98. The van der Waals surface area contributed by atoms with Gasteiger partial charge in [-0.05, 0) is 19.9 Å². The number of nitrogens with one attached hydrogen (secondary N) is 3. The Morgan fingerprint density at radius 1 is 1.60 bits per heavy atom. The van der Waals surface area contributed by atoms with E-state index in [0.29, 0.717) is 13.0 Å². The molecule has 0 aromatic heterocycles. The van der Waals surface area contributed by atoms with Gasteiger partial charge in [-0.3, -0.25) is 0 Å². The van der Waals surface area contributed by atoms with Crippen LogP contribution in [0.25, 0.3) is 0 Å². The molecule has 0 aliphatic carbocycles. The van der Waals surface area contributed by atoms with Gasteiger partial charge >= 0.3 is 16.3 Å². The molecule has 8 heteroatoms. The average Bonchev–Trinajstić information content (AvgIpc) is 2.54. The molecule has 0 spiro atoms. The first-order valence-electron chi connectivity index (χ1n) is 4.71. The lowest BCUT2D eigenvalue weighted by Gasteiger charge is -2.12. The molecule has 88 valence electrons. The van der Waals surface area contributed by atoms with E-state index >= 15 is 0 Å². The topological polar surface area (TPSA) is 96.5 Å². The van der Waals surface area contributed by atoms with Gasteiger partial charge in [-0.1, -0.05) is 0 Å². The number of rotatable bonds is 4. The first-order valence-corrected chi connectivity index (χ1v) is 6.19. The Bertz CT molecular complexity index is 310. The van der Waals surface area contributed by atoms with Gasteiger partial charge in [0.1, 0.15) is 0 Å². The van der Waals surface area contributed by atoms with E-state index in [4.69, 9.17) is 0 Å². The van der Waals surface area contributed by atoms with Gasteiger partial charge in [0.25, 0.3) is 0 Å². The molecule has 1 aliphatic heterocycles. The second-order valence-electron chi connectivity index (χ2n) is 3.13. The molecule has 1 atom stereocenters. The molecule has 1 rings (SSSR count). The van der Waals surface area contributed by atoms with Crippen LogP contribution in [0, 0.1) is 0 Å². The van der Waals surface area contributed by atoms with Gasteiger partial charge < -0.3 is 10.1 Å². The summed E-state index contributed by atoms with van der Waals surface area (Å²) in [5.74, 6) is 0. The predicted molar refractivity (Wildman–Crippen MR) is 53.5 cm³/mol. The van der Waals surface area contributed by atoms with E-state index in [1.54, 1.807) is 11.6 Å². The molecule has 0 bridgehead atoms. The maximum absolute atomic E-state index is 11.3. The van der Waals surface area contributed by atoms with Crippen LogP contribution in [0.5, 0.6) is 0 Å². The number of carbonyl (C=O) groups is 1. The van der Waals surface area contributed by atoms with Crippen LogP contribution in [0.4, 0.5) is 4.79 Å². The van der Waals surface area contributed by atoms with Crippen LogP contribution in [0.3, 0.4) is 0 Å². The van der Waals surface area contributed by atoms with E-state index in [-0.39, 0.29) is 12.6 Å². The molecular weight excluding hydrogens is 222 g/mol. The monoisotopic (exact) mass is 237 g/mol. The van der Waals surface area contributed by atoms with E-state index < -0.39 is 16.3 Å². The van der Waals surface area contributed by atoms with Crippen molar-refractivity contribution in [1.29, 1.82) is 0 Å². The maximum Gasteiger partial charge on any atom is 0.421 e. The lowest BCUT2D eigenvalue weighted by Crippen LogP contribution is -2.45. The number of carbonyl (C=O) groups excluding carboxylic acids is 1. The van der Waals surface area contributed by atoms with Crippen molar-refractivity contribution in [3.8, 4) is 0 Å². The zero-order valence-corrected chi connectivity index (χ0v) is 9.26. The van der Waals surface area contributed by atoms with Crippen LogP contribution in [0.1, 0.15) is 13.3 Å². The SMILES string of the molecule is CCOC(=O)NS(=O)(=O)N[C@@H]1CCNC1. The lowest BCUT2D eigenvalue weighted by molar-refractivity contribution is 0.158. The highest BCUT2D eigenvalue weighted by Gasteiger charge is 2.22. The van der Waals surface area contributed by atoms with Gasteiger partial charge in [-0.15, -0.1) is 0 Å². The van der Waals surface area contributed by atoms with Crippen molar-refractivity contribution in [1.82, 2.24) is 14.8 Å². The van der Waals surface area contributed by atoms with Crippen molar-refractivity contribution in [2.45, 2.75) is 19.4 Å². The minimum atomic E-state index is -3.80. The molecule has 0 unspecified atom stereocenters. The zero-order valence-electron chi connectivity index (χ0n) is 8.45. The molecule has 1 aliphatic rings. The van der Waals surface area contributed by atoms with Crippen molar-refractivity contribution >= 4 is 16.3 Å². The summed E-state index contributed by atoms with van der Waals surface area (Å²) in [7, 11) is -3.80. The predicted octanol–water partition coefficient (Wildman–Crippen LogP) is -1.07. The smallest absolute Gasteiger partial charge is 0.421 e. The molecule has 1 fully saturated rings.